The van der Waals surface area contributed by atoms with Gasteiger partial charge in [0.2, 0.25) is 0 Å². The van der Waals surface area contributed by atoms with Gasteiger partial charge in [0.25, 0.3) is 0 Å². The molecule has 2 heteroatoms. The molecule has 0 bridgehead atoms. The summed E-state index contributed by atoms with van der Waals surface area (Å²) in [4.78, 5) is 10.8. The Kier molecular flexibility index (Phi) is 4.13. The van der Waals surface area contributed by atoms with Crippen LogP contribution in [0.4, 0.5) is 0 Å². The van der Waals surface area contributed by atoms with Crippen molar-refractivity contribution in [2.45, 2.75) is 20.0 Å². The molecular formula is C16H16O2. The first-order valence-corrected chi connectivity index (χ1v) is 5.99. The van der Waals surface area contributed by atoms with Crippen molar-refractivity contribution in [3.63, 3.8) is 0 Å². The first-order chi connectivity index (χ1) is 8.74. The maximum absolute atomic E-state index is 10.8. The molecule has 2 aromatic carbocycles. The van der Waals surface area contributed by atoms with Crippen LogP contribution in [-0.2, 0) is 22.6 Å². The third kappa shape index (κ3) is 3.74. The Morgan fingerprint density at radius 3 is 2.33 bits per heavy atom. The third-order valence-electron chi connectivity index (χ3n) is 2.68. The van der Waals surface area contributed by atoms with Gasteiger partial charge in [-0.15, -0.1) is 0 Å². The monoisotopic (exact) mass is 240 g/mol. The van der Waals surface area contributed by atoms with Gasteiger partial charge in [-0.2, -0.15) is 0 Å². The Morgan fingerprint density at radius 2 is 1.61 bits per heavy atom. The zero-order chi connectivity index (χ0) is 12.8. The number of benzene rings is 2. The Balaban J connectivity index is 2.05. The van der Waals surface area contributed by atoms with Crippen molar-refractivity contribution in [2.24, 2.45) is 0 Å². The van der Waals surface area contributed by atoms with E-state index in [-0.39, 0.29) is 5.97 Å². The summed E-state index contributed by atoms with van der Waals surface area (Å²) in [5, 5.41) is 0. The number of carbonyl (C=O) groups is 1. The quantitative estimate of drug-likeness (QED) is 0.766. The molecule has 0 aliphatic heterocycles. The molecule has 0 unspecified atom stereocenters. The second kappa shape index (κ2) is 6.01. The largest absolute Gasteiger partial charge is 0.461 e. The van der Waals surface area contributed by atoms with Gasteiger partial charge in [-0.25, -0.2) is 0 Å². The van der Waals surface area contributed by atoms with E-state index in [2.05, 4.69) is 24.3 Å². The maximum atomic E-state index is 10.8. The number of hydrogen-bond acceptors (Lipinski definition) is 2. The summed E-state index contributed by atoms with van der Waals surface area (Å²) >= 11 is 0. The van der Waals surface area contributed by atoms with Gasteiger partial charge in [0.05, 0.1) is 0 Å². The predicted octanol–water partition coefficient (Wildman–Crippen LogP) is 3.34. The Hall–Kier alpha value is -2.09. The summed E-state index contributed by atoms with van der Waals surface area (Å²) in [6.45, 7) is 1.77. The molecule has 0 saturated carbocycles. The Morgan fingerprint density at radius 1 is 0.944 bits per heavy atom. The smallest absolute Gasteiger partial charge is 0.302 e. The van der Waals surface area contributed by atoms with Crippen LogP contribution in [0.3, 0.4) is 0 Å². The number of rotatable bonds is 4. The minimum atomic E-state index is -0.247. The zero-order valence-electron chi connectivity index (χ0n) is 10.4. The Labute approximate surface area is 107 Å². The first kappa shape index (κ1) is 12.4. The zero-order valence-corrected chi connectivity index (χ0v) is 10.4. The molecule has 2 nitrogen and oxygen atoms in total. The van der Waals surface area contributed by atoms with Crippen molar-refractivity contribution in [2.75, 3.05) is 0 Å². The van der Waals surface area contributed by atoms with Crippen LogP contribution < -0.4 is 0 Å². The van der Waals surface area contributed by atoms with Crippen LogP contribution in [0.15, 0.2) is 54.6 Å². The van der Waals surface area contributed by atoms with Gasteiger partial charge in [-0.05, 0) is 23.1 Å². The molecule has 0 spiro atoms. The normalized spacial score (nSPS) is 10.1. The van der Waals surface area contributed by atoms with E-state index in [4.69, 9.17) is 4.74 Å². The summed E-state index contributed by atoms with van der Waals surface area (Å²) < 4.78 is 4.99. The minimum absolute atomic E-state index is 0.247. The van der Waals surface area contributed by atoms with Gasteiger partial charge in [0.1, 0.15) is 6.61 Å². The molecule has 18 heavy (non-hydrogen) atoms. The fraction of sp³-hybridized carbons (Fsp3) is 0.188. The molecular weight excluding hydrogens is 224 g/mol. The van der Waals surface area contributed by atoms with Crippen LogP contribution in [0.25, 0.3) is 0 Å². The summed E-state index contributed by atoms with van der Waals surface area (Å²) in [7, 11) is 0. The lowest BCUT2D eigenvalue weighted by atomic mass is 10.0. The van der Waals surface area contributed by atoms with E-state index < -0.39 is 0 Å². The van der Waals surface area contributed by atoms with Gasteiger partial charge in [0.15, 0.2) is 0 Å². The molecule has 92 valence electrons. The van der Waals surface area contributed by atoms with Crippen LogP contribution in [0.1, 0.15) is 23.6 Å². The molecule has 2 rings (SSSR count). The Bertz CT molecular complexity index is 518. The van der Waals surface area contributed by atoms with Crippen LogP contribution in [0.2, 0.25) is 0 Å². The fourth-order valence-electron chi connectivity index (χ4n) is 1.85. The van der Waals surface area contributed by atoms with E-state index >= 15 is 0 Å². The van der Waals surface area contributed by atoms with Crippen LogP contribution in [0, 0.1) is 0 Å². The molecule has 2 aromatic rings. The minimum Gasteiger partial charge on any atom is -0.461 e. The maximum Gasteiger partial charge on any atom is 0.302 e. The van der Waals surface area contributed by atoms with E-state index in [0.29, 0.717) is 6.61 Å². The van der Waals surface area contributed by atoms with Gasteiger partial charge in [0, 0.05) is 6.92 Å². The standard InChI is InChI=1S/C16H16O2/c1-13(17)18-12-16-9-5-8-15(11-16)10-14-6-3-2-4-7-14/h2-9,11H,10,12H2,1H3. The highest BCUT2D eigenvalue weighted by atomic mass is 16.5. The van der Waals surface area contributed by atoms with E-state index in [1.54, 1.807) is 0 Å². The van der Waals surface area contributed by atoms with E-state index in [1.807, 2.05) is 30.3 Å². The second-order valence-corrected chi connectivity index (χ2v) is 4.26. The van der Waals surface area contributed by atoms with Crippen molar-refractivity contribution in [1.82, 2.24) is 0 Å². The lowest BCUT2D eigenvalue weighted by Gasteiger charge is -2.06. The third-order valence-corrected chi connectivity index (χ3v) is 2.68. The van der Waals surface area contributed by atoms with Crippen LogP contribution in [-0.4, -0.2) is 5.97 Å². The highest BCUT2D eigenvalue weighted by Crippen LogP contribution is 2.12. The lowest BCUT2D eigenvalue weighted by Crippen LogP contribution is -1.99. The van der Waals surface area contributed by atoms with Gasteiger partial charge >= 0.3 is 5.97 Å². The van der Waals surface area contributed by atoms with Crippen molar-refractivity contribution < 1.29 is 9.53 Å². The summed E-state index contributed by atoms with van der Waals surface area (Å²) in [5.74, 6) is -0.247. The summed E-state index contributed by atoms with van der Waals surface area (Å²) in [5.41, 5.74) is 3.53. The number of esters is 1. The molecule has 0 aromatic heterocycles. The number of ether oxygens (including phenoxy) is 1. The van der Waals surface area contributed by atoms with Crippen LogP contribution >= 0.6 is 0 Å². The second-order valence-electron chi connectivity index (χ2n) is 4.26. The summed E-state index contributed by atoms with van der Waals surface area (Å²) in [6, 6.07) is 18.4. The molecule has 0 atom stereocenters. The highest BCUT2D eigenvalue weighted by molar-refractivity contribution is 5.65. The molecule has 0 fully saturated rings. The molecule has 0 amide bonds. The average molecular weight is 240 g/mol. The number of hydrogen-bond donors (Lipinski definition) is 0. The molecule has 0 saturated heterocycles. The molecule has 0 aliphatic carbocycles. The van der Waals surface area contributed by atoms with Gasteiger partial charge < -0.3 is 4.74 Å². The molecule has 0 heterocycles. The van der Waals surface area contributed by atoms with Crippen molar-refractivity contribution in [1.29, 1.82) is 0 Å². The first-order valence-electron chi connectivity index (χ1n) is 5.99. The van der Waals surface area contributed by atoms with E-state index in [9.17, 15) is 4.79 Å². The average Bonchev–Trinajstić information content (AvgIpc) is 2.38. The summed E-state index contributed by atoms with van der Waals surface area (Å²) in [6.07, 6.45) is 0.898. The van der Waals surface area contributed by atoms with Crippen molar-refractivity contribution in [3.8, 4) is 0 Å². The van der Waals surface area contributed by atoms with Gasteiger partial charge in [-0.3, -0.25) is 4.79 Å². The van der Waals surface area contributed by atoms with Crippen molar-refractivity contribution in [3.05, 3.63) is 71.3 Å². The highest BCUT2D eigenvalue weighted by Gasteiger charge is 2.00. The van der Waals surface area contributed by atoms with E-state index in [1.165, 1.54) is 18.1 Å². The van der Waals surface area contributed by atoms with Crippen LogP contribution in [0.5, 0.6) is 0 Å². The SMILES string of the molecule is CC(=O)OCc1cccc(Cc2ccccc2)c1. The van der Waals surface area contributed by atoms with Gasteiger partial charge in [-0.1, -0.05) is 54.6 Å². The molecule has 0 aliphatic rings. The predicted molar refractivity (Wildman–Crippen MR) is 71.2 cm³/mol. The molecule has 0 N–H and O–H groups in total. The lowest BCUT2D eigenvalue weighted by molar-refractivity contribution is -0.142. The number of carbonyl (C=O) groups excluding carboxylic acids is 1. The topological polar surface area (TPSA) is 26.3 Å². The fourth-order valence-corrected chi connectivity index (χ4v) is 1.85. The van der Waals surface area contributed by atoms with E-state index in [0.717, 1.165) is 12.0 Å². The molecule has 0 radical (unpaired) electrons. The van der Waals surface area contributed by atoms with Crippen molar-refractivity contribution >= 4 is 5.97 Å².